The van der Waals surface area contributed by atoms with Crippen LogP contribution in [0.1, 0.15) is 50.8 Å². The van der Waals surface area contributed by atoms with Crippen LogP contribution in [0.4, 0.5) is 0 Å². The topological polar surface area (TPSA) is 52.0 Å². The Morgan fingerprint density at radius 2 is 1.91 bits per heavy atom. The van der Waals surface area contributed by atoms with Crippen molar-refractivity contribution >= 4 is 21.1 Å². The summed E-state index contributed by atoms with van der Waals surface area (Å²) in [6, 6.07) is 7.46. The number of imidazole rings is 1. The van der Waals surface area contributed by atoms with Crippen LogP contribution in [0.3, 0.4) is 0 Å². The monoisotopic (exact) mass is 320 g/mol. The zero-order chi connectivity index (χ0) is 15.6. The molecule has 0 spiro atoms. The first-order chi connectivity index (χ1) is 10.6. The van der Waals surface area contributed by atoms with Gasteiger partial charge < -0.3 is 0 Å². The standard InChI is InChI=1S/C17H24N2O2S/c1-22(20,21)19-16-12-6-5-11-15(16)18-17(19)13-7-10-14-8-3-2-4-9-14/h5-6,11-12,14H,2-4,7-10,13H2,1H3. The molecule has 0 saturated heterocycles. The number of aryl methyl sites for hydroxylation is 1. The minimum atomic E-state index is -3.32. The fourth-order valence-electron chi connectivity index (χ4n) is 3.61. The van der Waals surface area contributed by atoms with Crippen molar-refractivity contribution in [2.75, 3.05) is 6.26 Å². The van der Waals surface area contributed by atoms with E-state index in [4.69, 9.17) is 0 Å². The number of fused-ring (bicyclic) bond motifs is 1. The molecule has 3 rings (SSSR count). The van der Waals surface area contributed by atoms with Gasteiger partial charge in [0.25, 0.3) is 0 Å². The molecule has 1 aromatic heterocycles. The van der Waals surface area contributed by atoms with Crippen LogP contribution in [-0.2, 0) is 16.4 Å². The second kappa shape index (κ2) is 6.41. The third-order valence-electron chi connectivity index (χ3n) is 4.65. The molecule has 2 aromatic rings. The number of hydrogen-bond donors (Lipinski definition) is 0. The smallest absolute Gasteiger partial charge is 0.232 e. The van der Waals surface area contributed by atoms with Gasteiger partial charge in [-0.3, -0.25) is 0 Å². The van der Waals surface area contributed by atoms with Gasteiger partial charge >= 0.3 is 0 Å². The molecule has 1 aliphatic carbocycles. The Balaban J connectivity index is 1.78. The van der Waals surface area contributed by atoms with Gasteiger partial charge in [0.15, 0.2) is 0 Å². The van der Waals surface area contributed by atoms with E-state index in [-0.39, 0.29) is 0 Å². The molecular weight excluding hydrogens is 296 g/mol. The first-order valence-corrected chi connectivity index (χ1v) is 10.1. The highest BCUT2D eigenvalue weighted by atomic mass is 32.2. The second-order valence-electron chi connectivity index (χ2n) is 6.44. The van der Waals surface area contributed by atoms with Gasteiger partial charge in [-0.2, -0.15) is 0 Å². The van der Waals surface area contributed by atoms with Gasteiger partial charge in [-0.15, -0.1) is 0 Å². The lowest BCUT2D eigenvalue weighted by Crippen LogP contribution is -2.14. The van der Waals surface area contributed by atoms with E-state index in [1.54, 1.807) is 0 Å². The average molecular weight is 320 g/mol. The zero-order valence-electron chi connectivity index (χ0n) is 13.2. The van der Waals surface area contributed by atoms with Gasteiger partial charge in [0.1, 0.15) is 5.82 Å². The molecule has 120 valence electrons. The molecule has 0 N–H and O–H groups in total. The van der Waals surface area contributed by atoms with Crippen LogP contribution in [0.5, 0.6) is 0 Å². The van der Waals surface area contributed by atoms with Crippen molar-refractivity contribution in [3.8, 4) is 0 Å². The largest absolute Gasteiger partial charge is 0.237 e. The van der Waals surface area contributed by atoms with Crippen molar-refractivity contribution in [1.82, 2.24) is 8.96 Å². The number of hydrogen-bond acceptors (Lipinski definition) is 3. The number of rotatable bonds is 5. The normalized spacial score (nSPS) is 17.1. The van der Waals surface area contributed by atoms with Crippen LogP contribution in [0.2, 0.25) is 0 Å². The molecule has 1 fully saturated rings. The van der Waals surface area contributed by atoms with Crippen molar-refractivity contribution < 1.29 is 8.42 Å². The van der Waals surface area contributed by atoms with Crippen LogP contribution in [0.15, 0.2) is 24.3 Å². The van der Waals surface area contributed by atoms with Gasteiger partial charge in [-0.25, -0.2) is 17.4 Å². The number of nitrogens with zero attached hydrogens (tertiary/aromatic N) is 2. The minimum absolute atomic E-state index is 0.680. The Kier molecular flexibility index (Phi) is 4.52. The molecule has 0 unspecified atom stereocenters. The SMILES string of the molecule is CS(=O)(=O)n1c(CCCC2CCCCC2)nc2ccccc21. The van der Waals surface area contributed by atoms with Crippen LogP contribution in [0.25, 0.3) is 11.0 Å². The molecule has 0 radical (unpaired) electrons. The summed E-state index contributed by atoms with van der Waals surface area (Å²) in [7, 11) is -3.32. The molecule has 1 aromatic carbocycles. The molecule has 1 saturated carbocycles. The first-order valence-electron chi connectivity index (χ1n) is 8.22. The summed E-state index contributed by atoms with van der Waals surface area (Å²) in [5.74, 6) is 1.50. The van der Waals surface area contributed by atoms with E-state index in [1.807, 2.05) is 24.3 Å². The van der Waals surface area contributed by atoms with E-state index in [9.17, 15) is 8.42 Å². The van der Waals surface area contributed by atoms with Crippen molar-refractivity contribution in [2.24, 2.45) is 5.92 Å². The maximum atomic E-state index is 12.1. The molecule has 5 heteroatoms. The zero-order valence-corrected chi connectivity index (χ0v) is 14.0. The molecule has 0 aliphatic heterocycles. The number of para-hydroxylation sites is 2. The van der Waals surface area contributed by atoms with Crippen LogP contribution in [0, 0.1) is 5.92 Å². The quantitative estimate of drug-likeness (QED) is 0.843. The molecular formula is C17H24N2O2S. The summed E-state index contributed by atoms with van der Waals surface area (Å²) in [6.07, 6.45) is 10.9. The van der Waals surface area contributed by atoms with Crippen LogP contribution in [-0.4, -0.2) is 23.6 Å². The molecule has 22 heavy (non-hydrogen) atoms. The van der Waals surface area contributed by atoms with E-state index in [0.717, 1.165) is 24.3 Å². The fraction of sp³-hybridized carbons (Fsp3) is 0.588. The lowest BCUT2D eigenvalue weighted by molar-refractivity contribution is 0.332. The molecule has 1 aliphatic rings. The van der Waals surface area contributed by atoms with Gasteiger partial charge in [0.2, 0.25) is 10.0 Å². The molecule has 0 amide bonds. The van der Waals surface area contributed by atoms with E-state index >= 15 is 0 Å². The molecule has 0 bridgehead atoms. The Labute approximate surface area is 132 Å². The van der Waals surface area contributed by atoms with Crippen molar-refractivity contribution in [1.29, 1.82) is 0 Å². The highest BCUT2D eigenvalue weighted by molar-refractivity contribution is 7.89. The summed E-state index contributed by atoms with van der Waals surface area (Å²) >= 11 is 0. The summed E-state index contributed by atoms with van der Waals surface area (Å²) in [4.78, 5) is 4.55. The second-order valence-corrected chi connectivity index (χ2v) is 8.27. The van der Waals surface area contributed by atoms with Gasteiger partial charge in [0.05, 0.1) is 17.3 Å². The maximum Gasteiger partial charge on any atom is 0.237 e. The van der Waals surface area contributed by atoms with Crippen molar-refractivity contribution in [2.45, 2.75) is 51.4 Å². The fourth-order valence-corrected chi connectivity index (χ4v) is 4.63. The Morgan fingerprint density at radius 3 is 2.64 bits per heavy atom. The third kappa shape index (κ3) is 3.35. The van der Waals surface area contributed by atoms with Crippen molar-refractivity contribution in [3.05, 3.63) is 30.1 Å². The van der Waals surface area contributed by atoms with Gasteiger partial charge in [-0.1, -0.05) is 50.7 Å². The summed E-state index contributed by atoms with van der Waals surface area (Å²) in [5.41, 5.74) is 1.46. The number of benzene rings is 1. The minimum Gasteiger partial charge on any atom is -0.232 e. The third-order valence-corrected chi connectivity index (χ3v) is 5.72. The van der Waals surface area contributed by atoms with Crippen molar-refractivity contribution in [3.63, 3.8) is 0 Å². The predicted octanol–water partition coefficient (Wildman–Crippen LogP) is 3.75. The van der Waals surface area contributed by atoms with Gasteiger partial charge in [-0.05, 0) is 24.5 Å². The predicted molar refractivity (Wildman–Crippen MR) is 89.5 cm³/mol. The van der Waals surface area contributed by atoms with E-state index in [0.29, 0.717) is 11.3 Å². The molecule has 4 nitrogen and oxygen atoms in total. The van der Waals surface area contributed by atoms with E-state index < -0.39 is 10.0 Å². The summed E-state index contributed by atoms with van der Waals surface area (Å²) < 4.78 is 25.7. The average Bonchev–Trinajstić information content (AvgIpc) is 2.86. The van der Waals surface area contributed by atoms with Crippen LogP contribution < -0.4 is 0 Å². The first kappa shape index (κ1) is 15.5. The van der Waals surface area contributed by atoms with Crippen LogP contribution >= 0.6 is 0 Å². The molecule has 0 atom stereocenters. The Morgan fingerprint density at radius 1 is 1.18 bits per heavy atom. The van der Waals surface area contributed by atoms with E-state index in [2.05, 4.69) is 4.98 Å². The highest BCUT2D eigenvalue weighted by Gasteiger charge is 2.18. The van der Waals surface area contributed by atoms with E-state index in [1.165, 1.54) is 48.8 Å². The molecule has 1 heterocycles. The Bertz CT molecular complexity index is 743. The maximum absolute atomic E-state index is 12.1. The van der Waals surface area contributed by atoms with Gasteiger partial charge in [0, 0.05) is 6.42 Å². The lowest BCUT2D eigenvalue weighted by Gasteiger charge is -2.21. The summed E-state index contributed by atoms with van der Waals surface area (Å²) in [5, 5.41) is 0. The summed E-state index contributed by atoms with van der Waals surface area (Å²) in [6.45, 7) is 0. The number of aromatic nitrogens is 2. The lowest BCUT2D eigenvalue weighted by atomic mass is 9.86. The highest BCUT2D eigenvalue weighted by Crippen LogP contribution is 2.28. The Hall–Kier alpha value is -1.36.